The number of benzene rings is 1. The second kappa shape index (κ2) is 4.60. The van der Waals surface area contributed by atoms with Crippen molar-refractivity contribution in [1.29, 1.82) is 0 Å². The molecule has 0 N–H and O–H groups in total. The van der Waals surface area contributed by atoms with Crippen molar-refractivity contribution in [2.45, 2.75) is 20.0 Å². The Bertz CT molecular complexity index is 297. The summed E-state index contributed by atoms with van der Waals surface area (Å²) in [6.45, 7) is 3.76. The van der Waals surface area contributed by atoms with Crippen LogP contribution in [0.3, 0.4) is 0 Å². The molecule has 3 heteroatoms. The first kappa shape index (κ1) is 9.71. The molecule has 1 rings (SSSR count). The standard InChI is InChI=1S/C10H12FNO/c1-8(2)13-12-7-9-4-3-5-10(11)6-9/h3-8H,1-2H3/b12-7+. The minimum atomic E-state index is -0.270. The highest BCUT2D eigenvalue weighted by atomic mass is 19.1. The lowest BCUT2D eigenvalue weighted by atomic mass is 10.2. The van der Waals surface area contributed by atoms with Gasteiger partial charge in [0, 0.05) is 0 Å². The molecular weight excluding hydrogens is 169 g/mol. The zero-order chi connectivity index (χ0) is 9.68. The summed E-state index contributed by atoms with van der Waals surface area (Å²) in [5.74, 6) is -0.270. The lowest BCUT2D eigenvalue weighted by Gasteiger charge is -2.00. The van der Waals surface area contributed by atoms with Gasteiger partial charge in [0.25, 0.3) is 0 Å². The Hall–Kier alpha value is -1.38. The van der Waals surface area contributed by atoms with Crippen LogP contribution in [0.25, 0.3) is 0 Å². The Morgan fingerprint density at radius 3 is 2.85 bits per heavy atom. The molecule has 0 fully saturated rings. The first-order valence-corrected chi connectivity index (χ1v) is 4.13. The third-order valence-corrected chi connectivity index (χ3v) is 1.32. The van der Waals surface area contributed by atoms with E-state index in [9.17, 15) is 4.39 Å². The maximum Gasteiger partial charge on any atom is 0.123 e. The van der Waals surface area contributed by atoms with E-state index in [0.717, 1.165) is 0 Å². The molecule has 0 atom stereocenters. The summed E-state index contributed by atoms with van der Waals surface area (Å²) in [5, 5.41) is 3.69. The topological polar surface area (TPSA) is 21.6 Å². The van der Waals surface area contributed by atoms with Crippen molar-refractivity contribution in [3.8, 4) is 0 Å². The van der Waals surface area contributed by atoms with Crippen molar-refractivity contribution < 1.29 is 9.23 Å². The van der Waals surface area contributed by atoms with E-state index in [-0.39, 0.29) is 11.9 Å². The van der Waals surface area contributed by atoms with Gasteiger partial charge >= 0.3 is 0 Å². The predicted octanol–water partition coefficient (Wildman–Crippen LogP) is 2.58. The van der Waals surface area contributed by atoms with Crippen LogP contribution < -0.4 is 0 Å². The summed E-state index contributed by atoms with van der Waals surface area (Å²) in [6, 6.07) is 6.18. The van der Waals surface area contributed by atoms with Crippen molar-refractivity contribution >= 4 is 6.21 Å². The molecule has 0 saturated heterocycles. The molecule has 2 nitrogen and oxygen atoms in total. The molecule has 0 aliphatic rings. The fraction of sp³-hybridized carbons (Fsp3) is 0.300. The lowest BCUT2D eigenvalue weighted by Crippen LogP contribution is -1.96. The third kappa shape index (κ3) is 3.69. The monoisotopic (exact) mass is 181 g/mol. The highest BCUT2D eigenvalue weighted by Gasteiger charge is 1.91. The van der Waals surface area contributed by atoms with Crippen LogP contribution >= 0.6 is 0 Å². The number of rotatable bonds is 3. The summed E-state index contributed by atoms with van der Waals surface area (Å²) in [6.07, 6.45) is 1.54. The molecule has 70 valence electrons. The molecule has 0 heterocycles. The van der Waals surface area contributed by atoms with Gasteiger partial charge in [-0.25, -0.2) is 4.39 Å². The molecule has 0 saturated carbocycles. The van der Waals surface area contributed by atoms with E-state index >= 15 is 0 Å². The van der Waals surface area contributed by atoms with E-state index in [1.807, 2.05) is 13.8 Å². The van der Waals surface area contributed by atoms with Gasteiger partial charge in [-0.1, -0.05) is 17.3 Å². The van der Waals surface area contributed by atoms with E-state index in [4.69, 9.17) is 4.84 Å². The molecule has 0 radical (unpaired) electrons. The van der Waals surface area contributed by atoms with Crippen LogP contribution in [0.5, 0.6) is 0 Å². The van der Waals surface area contributed by atoms with Gasteiger partial charge in [0.2, 0.25) is 0 Å². The molecule has 0 aliphatic heterocycles. The quantitative estimate of drug-likeness (QED) is 0.518. The molecule has 1 aromatic carbocycles. The highest BCUT2D eigenvalue weighted by molar-refractivity contribution is 5.78. The Kier molecular flexibility index (Phi) is 3.43. The van der Waals surface area contributed by atoms with Crippen LogP contribution in [0, 0.1) is 5.82 Å². The summed E-state index contributed by atoms with van der Waals surface area (Å²) in [7, 11) is 0. The second-order valence-electron chi connectivity index (χ2n) is 2.94. The van der Waals surface area contributed by atoms with Crippen molar-refractivity contribution in [3.05, 3.63) is 35.6 Å². The smallest absolute Gasteiger partial charge is 0.123 e. The van der Waals surface area contributed by atoms with Gasteiger partial charge in [-0.2, -0.15) is 0 Å². The first-order valence-electron chi connectivity index (χ1n) is 4.13. The Morgan fingerprint density at radius 1 is 1.46 bits per heavy atom. The van der Waals surface area contributed by atoms with E-state index in [1.165, 1.54) is 18.3 Å². The van der Waals surface area contributed by atoms with Gasteiger partial charge in [0.1, 0.15) is 11.9 Å². The normalized spacial score (nSPS) is 11.1. The summed E-state index contributed by atoms with van der Waals surface area (Å²) < 4.78 is 12.7. The summed E-state index contributed by atoms with van der Waals surface area (Å²) >= 11 is 0. The zero-order valence-corrected chi connectivity index (χ0v) is 7.70. The number of oxime groups is 1. The van der Waals surface area contributed by atoms with Crippen molar-refractivity contribution in [3.63, 3.8) is 0 Å². The number of hydrogen-bond donors (Lipinski definition) is 0. The van der Waals surface area contributed by atoms with Crippen LogP contribution in [-0.2, 0) is 4.84 Å². The molecule has 0 unspecified atom stereocenters. The van der Waals surface area contributed by atoms with Crippen molar-refractivity contribution in [1.82, 2.24) is 0 Å². The minimum Gasteiger partial charge on any atom is -0.393 e. The molecule has 0 spiro atoms. The number of halogens is 1. The molecular formula is C10H12FNO. The molecule has 1 aromatic rings. The van der Waals surface area contributed by atoms with Gasteiger partial charge in [-0.15, -0.1) is 0 Å². The largest absolute Gasteiger partial charge is 0.393 e. The summed E-state index contributed by atoms with van der Waals surface area (Å²) in [5.41, 5.74) is 0.695. The van der Waals surface area contributed by atoms with E-state index in [0.29, 0.717) is 5.56 Å². The Labute approximate surface area is 77.0 Å². The fourth-order valence-electron chi connectivity index (χ4n) is 0.800. The predicted molar refractivity (Wildman–Crippen MR) is 50.2 cm³/mol. The minimum absolute atomic E-state index is 0.0461. The van der Waals surface area contributed by atoms with Gasteiger partial charge in [0.05, 0.1) is 6.21 Å². The van der Waals surface area contributed by atoms with Gasteiger partial charge in [-0.05, 0) is 31.5 Å². The molecule has 0 aromatic heterocycles. The third-order valence-electron chi connectivity index (χ3n) is 1.32. The first-order chi connectivity index (χ1) is 6.18. The van der Waals surface area contributed by atoms with Crippen LogP contribution in [0.15, 0.2) is 29.4 Å². The van der Waals surface area contributed by atoms with Crippen LogP contribution in [0.1, 0.15) is 19.4 Å². The second-order valence-corrected chi connectivity index (χ2v) is 2.94. The average Bonchev–Trinajstić information content (AvgIpc) is 2.03. The molecule has 0 aliphatic carbocycles. The van der Waals surface area contributed by atoms with E-state index in [1.54, 1.807) is 12.1 Å². The summed E-state index contributed by atoms with van der Waals surface area (Å²) in [4.78, 5) is 4.93. The van der Waals surface area contributed by atoms with Crippen LogP contribution in [0.2, 0.25) is 0 Å². The maximum absolute atomic E-state index is 12.7. The molecule has 0 bridgehead atoms. The highest BCUT2D eigenvalue weighted by Crippen LogP contribution is 2.00. The van der Waals surface area contributed by atoms with Gasteiger partial charge in [0.15, 0.2) is 0 Å². The van der Waals surface area contributed by atoms with Gasteiger partial charge < -0.3 is 4.84 Å². The van der Waals surface area contributed by atoms with Crippen molar-refractivity contribution in [2.75, 3.05) is 0 Å². The Morgan fingerprint density at radius 2 is 2.23 bits per heavy atom. The van der Waals surface area contributed by atoms with Gasteiger partial charge in [-0.3, -0.25) is 0 Å². The molecule has 0 amide bonds. The van der Waals surface area contributed by atoms with Crippen LogP contribution in [-0.4, -0.2) is 12.3 Å². The van der Waals surface area contributed by atoms with Crippen molar-refractivity contribution in [2.24, 2.45) is 5.16 Å². The van der Waals surface area contributed by atoms with Crippen LogP contribution in [0.4, 0.5) is 4.39 Å². The number of nitrogens with zero attached hydrogens (tertiary/aromatic N) is 1. The number of hydrogen-bond acceptors (Lipinski definition) is 2. The Balaban J connectivity index is 2.58. The average molecular weight is 181 g/mol. The maximum atomic E-state index is 12.7. The fourth-order valence-corrected chi connectivity index (χ4v) is 0.800. The van der Waals surface area contributed by atoms with E-state index < -0.39 is 0 Å². The van der Waals surface area contributed by atoms with E-state index in [2.05, 4.69) is 5.16 Å². The lowest BCUT2D eigenvalue weighted by molar-refractivity contribution is 0.0874. The zero-order valence-electron chi connectivity index (χ0n) is 7.70. The molecule has 13 heavy (non-hydrogen) atoms. The SMILES string of the molecule is CC(C)O/N=C/c1cccc(F)c1.